The zero-order chi connectivity index (χ0) is 21.8. The number of hydrogen-bond donors (Lipinski definition) is 1. The minimum atomic E-state index is -0.968. The zero-order valence-electron chi connectivity index (χ0n) is 16.5. The predicted octanol–water partition coefficient (Wildman–Crippen LogP) is 1.90. The van der Waals surface area contributed by atoms with Crippen LogP contribution in [0.4, 0.5) is 15.2 Å². The Bertz CT molecular complexity index is 1060. The van der Waals surface area contributed by atoms with Crippen molar-refractivity contribution in [2.45, 2.75) is 6.42 Å². The molecule has 8 nitrogen and oxygen atoms in total. The fourth-order valence-electron chi connectivity index (χ4n) is 3.44. The Morgan fingerprint density at radius 2 is 1.97 bits per heavy atom. The van der Waals surface area contributed by atoms with E-state index in [2.05, 4.69) is 15.3 Å². The number of halogens is 1. The summed E-state index contributed by atoms with van der Waals surface area (Å²) in [7, 11) is 0. The van der Waals surface area contributed by atoms with E-state index in [9.17, 15) is 18.8 Å². The summed E-state index contributed by atoms with van der Waals surface area (Å²) < 4.78 is 14.0. The number of rotatable bonds is 5. The Hall–Kier alpha value is -3.40. The third kappa shape index (κ3) is 4.85. The van der Waals surface area contributed by atoms with E-state index >= 15 is 0 Å². The number of carbonyl (C=O) groups is 3. The van der Waals surface area contributed by atoms with Gasteiger partial charge in [-0.2, -0.15) is 0 Å². The van der Waals surface area contributed by atoms with Crippen molar-refractivity contribution in [3.63, 3.8) is 0 Å². The number of allylic oxidation sites excluding steroid dienone is 1. The molecule has 0 bridgehead atoms. The molecular formula is C21H20FN5O3S. The summed E-state index contributed by atoms with van der Waals surface area (Å²) >= 11 is 1.19. The van der Waals surface area contributed by atoms with E-state index in [1.165, 1.54) is 29.7 Å². The number of carbonyl (C=O) groups excluding carboxylic acids is 3. The number of amides is 3. The van der Waals surface area contributed by atoms with Crippen molar-refractivity contribution >= 4 is 46.1 Å². The molecule has 0 radical (unpaired) electrons. The lowest BCUT2D eigenvalue weighted by molar-refractivity contribution is -0.131. The van der Waals surface area contributed by atoms with E-state index in [0.29, 0.717) is 42.7 Å². The molecule has 1 saturated heterocycles. The van der Waals surface area contributed by atoms with Gasteiger partial charge in [0.1, 0.15) is 11.7 Å². The molecule has 0 aliphatic carbocycles. The molecule has 2 aliphatic heterocycles. The highest BCUT2D eigenvalue weighted by Crippen LogP contribution is 2.21. The van der Waals surface area contributed by atoms with Crippen LogP contribution in [0, 0.1) is 11.7 Å². The van der Waals surface area contributed by atoms with Crippen LogP contribution in [0.3, 0.4) is 0 Å². The zero-order valence-corrected chi connectivity index (χ0v) is 17.3. The Morgan fingerprint density at radius 1 is 1.19 bits per heavy atom. The standard InChI is InChI=1S/C21H20FN5O3S/c22-16-5-1-2-6-17(16)26-8-10-27(11-9-26)18(28)12-14-13-31-21(24-14)25-20(30)15-4-3-7-23-19(15)29/h1-7,13,15H,8-12H2,(H,24,25,30). The molecule has 3 heterocycles. The highest BCUT2D eigenvalue weighted by Gasteiger charge is 2.26. The summed E-state index contributed by atoms with van der Waals surface area (Å²) in [5.41, 5.74) is 1.09. The first-order valence-electron chi connectivity index (χ1n) is 9.78. The second-order valence-electron chi connectivity index (χ2n) is 7.11. The molecule has 3 amide bonds. The number of nitrogens with one attached hydrogen (secondary N) is 1. The first-order chi connectivity index (χ1) is 15.0. The van der Waals surface area contributed by atoms with Crippen LogP contribution >= 0.6 is 11.3 Å². The summed E-state index contributed by atoms with van der Waals surface area (Å²) in [6, 6.07) is 6.61. The Kier molecular flexibility index (Phi) is 6.17. The minimum Gasteiger partial charge on any atom is -0.366 e. The summed E-state index contributed by atoms with van der Waals surface area (Å²) in [5, 5.41) is 4.63. The lowest BCUT2D eigenvalue weighted by Crippen LogP contribution is -2.49. The number of aromatic nitrogens is 1. The molecule has 10 heteroatoms. The summed E-state index contributed by atoms with van der Waals surface area (Å²) in [5.74, 6) is -2.34. The van der Waals surface area contributed by atoms with Crippen LogP contribution in [-0.4, -0.2) is 60.0 Å². The van der Waals surface area contributed by atoms with E-state index in [4.69, 9.17) is 0 Å². The van der Waals surface area contributed by atoms with E-state index in [1.54, 1.807) is 34.6 Å². The monoisotopic (exact) mass is 441 g/mol. The fraction of sp³-hybridized carbons (Fsp3) is 0.286. The van der Waals surface area contributed by atoms with Crippen LogP contribution in [0.1, 0.15) is 5.69 Å². The molecule has 1 fully saturated rings. The Balaban J connectivity index is 1.29. The molecule has 1 atom stereocenters. The van der Waals surface area contributed by atoms with E-state index in [1.807, 2.05) is 4.90 Å². The van der Waals surface area contributed by atoms with E-state index in [0.717, 1.165) is 0 Å². The summed E-state index contributed by atoms with van der Waals surface area (Å²) in [4.78, 5) is 48.1. The maximum absolute atomic E-state index is 14.0. The lowest BCUT2D eigenvalue weighted by Gasteiger charge is -2.36. The van der Waals surface area contributed by atoms with Gasteiger partial charge in [-0.1, -0.05) is 18.2 Å². The minimum absolute atomic E-state index is 0.0731. The van der Waals surface area contributed by atoms with Gasteiger partial charge in [-0.3, -0.25) is 14.4 Å². The number of para-hydroxylation sites is 1. The Morgan fingerprint density at radius 3 is 2.71 bits per heavy atom. The van der Waals surface area contributed by atoms with Gasteiger partial charge in [0.2, 0.25) is 11.8 Å². The number of anilines is 2. The third-order valence-electron chi connectivity index (χ3n) is 5.08. The maximum Gasteiger partial charge on any atom is 0.262 e. The van der Waals surface area contributed by atoms with E-state index in [-0.39, 0.29) is 18.1 Å². The highest BCUT2D eigenvalue weighted by atomic mass is 32.1. The smallest absolute Gasteiger partial charge is 0.262 e. The van der Waals surface area contributed by atoms with Crippen molar-refractivity contribution in [2.75, 3.05) is 36.4 Å². The SMILES string of the molecule is O=C1N=CC=CC1C(=O)Nc1nc(CC(=O)N2CCN(c3ccccc3F)CC2)cs1. The number of benzene rings is 1. The van der Waals surface area contributed by atoms with Crippen LogP contribution in [-0.2, 0) is 20.8 Å². The van der Waals surface area contributed by atoms with Crippen molar-refractivity contribution in [3.05, 3.63) is 53.3 Å². The molecule has 1 aromatic heterocycles. The molecule has 1 unspecified atom stereocenters. The van der Waals surface area contributed by atoms with E-state index < -0.39 is 17.7 Å². The van der Waals surface area contributed by atoms with Crippen LogP contribution < -0.4 is 10.2 Å². The van der Waals surface area contributed by atoms with Crippen LogP contribution in [0.5, 0.6) is 0 Å². The topological polar surface area (TPSA) is 95.0 Å². The number of thiazole rings is 1. The molecule has 31 heavy (non-hydrogen) atoms. The molecule has 2 aromatic rings. The van der Waals surface area contributed by atoms with Gasteiger partial charge in [-0.25, -0.2) is 14.4 Å². The van der Waals surface area contributed by atoms with Crippen LogP contribution in [0.25, 0.3) is 0 Å². The normalized spacial score (nSPS) is 18.4. The first kappa shape index (κ1) is 20.9. The molecule has 0 saturated carbocycles. The highest BCUT2D eigenvalue weighted by molar-refractivity contribution is 7.14. The van der Waals surface area contributed by atoms with Crippen molar-refractivity contribution < 1.29 is 18.8 Å². The van der Waals surface area contributed by atoms with Gasteiger partial charge in [0, 0.05) is 37.8 Å². The van der Waals surface area contributed by atoms with Crippen molar-refractivity contribution in [2.24, 2.45) is 10.9 Å². The van der Waals surface area contributed by atoms with Crippen molar-refractivity contribution in [3.8, 4) is 0 Å². The van der Waals surface area contributed by atoms with Gasteiger partial charge in [0.15, 0.2) is 5.13 Å². The van der Waals surface area contributed by atoms with Gasteiger partial charge in [0.05, 0.1) is 17.8 Å². The number of nitrogens with zero attached hydrogens (tertiary/aromatic N) is 4. The van der Waals surface area contributed by atoms with Crippen LogP contribution in [0.15, 0.2) is 46.8 Å². The summed E-state index contributed by atoms with van der Waals surface area (Å²) in [6.45, 7) is 2.10. The van der Waals surface area contributed by atoms with Gasteiger partial charge in [-0.05, 0) is 18.2 Å². The van der Waals surface area contributed by atoms with Crippen molar-refractivity contribution in [1.82, 2.24) is 9.88 Å². The number of dihydropyridines is 1. The summed E-state index contributed by atoms with van der Waals surface area (Å²) in [6.07, 6.45) is 4.47. The molecule has 4 rings (SSSR count). The molecule has 160 valence electrons. The first-order valence-corrected chi connectivity index (χ1v) is 10.7. The lowest BCUT2D eigenvalue weighted by atomic mass is 10.1. The molecule has 0 spiro atoms. The van der Waals surface area contributed by atoms with Crippen LogP contribution in [0.2, 0.25) is 0 Å². The number of piperazine rings is 1. The van der Waals surface area contributed by atoms with Crippen molar-refractivity contribution in [1.29, 1.82) is 0 Å². The Labute approximate surface area is 182 Å². The molecule has 1 N–H and O–H groups in total. The van der Waals surface area contributed by atoms with Gasteiger partial charge in [-0.15, -0.1) is 11.3 Å². The largest absolute Gasteiger partial charge is 0.366 e. The predicted molar refractivity (Wildman–Crippen MR) is 116 cm³/mol. The average molecular weight is 441 g/mol. The molecular weight excluding hydrogens is 421 g/mol. The third-order valence-corrected chi connectivity index (χ3v) is 5.89. The quantitative estimate of drug-likeness (QED) is 0.715. The average Bonchev–Trinajstić information content (AvgIpc) is 3.21. The van der Waals surface area contributed by atoms with Gasteiger partial charge in [0.25, 0.3) is 5.91 Å². The fourth-order valence-corrected chi connectivity index (χ4v) is 4.15. The number of hydrogen-bond acceptors (Lipinski definition) is 6. The maximum atomic E-state index is 14.0. The second kappa shape index (κ2) is 9.17. The molecule has 2 aliphatic rings. The van der Waals surface area contributed by atoms with Gasteiger partial charge < -0.3 is 15.1 Å². The second-order valence-corrected chi connectivity index (χ2v) is 7.97. The number of aliphatic imine (C=N–C) groups is 1. The van der Waals surface area contributed by atoms with Gasteiger partial charge >= 0.3 is 0 Å². The molecule has 1 aromatic carbocycles.